The van der Waals surface area contributed by atoms with E-state index in [1.807, 2.05) is 26.0 Å². The fraction of sp³-hybridized carbons (Fsp3) is 0.167. The SMILES string of the molecule is Cc1cc(C)c2cc(F)cc(C#N)c2n1. The predicted octanol–water partition coefficient (Wildman–Crippen LogP) is 2.86. The molecule has 2 rings (SSSR count). The molecule has 0 N–H and O–H groups in total. The number of fused-ring (bicyclic) bond motifs is 1. The number of aryl methyl sites for hydroxylation is 2. The first kappa shape index (κ1) is 9.60. The Hall–Kier alpha value is -1.95. The maximum absolute atomic E-state index is 13.2. The number of hydrogen-bond donors (Lipinski definition) is 0. The van der Waals surface area contributed by atoms with Crippen molar-refractivity contribution in [3.8, 4) is 6.07 Å². The maximum Gasteiger partial charge on any atom is 0.125 e. The first-order valence-corrected chi connectivity index (χ1v) is 4.59. The van der Waals surface area contributed by atoms with Gasteiger partial charge in [0.1, 0.15) is 11.9 Å². The lowest BCUT2D eigenvalue weighted by molar-refractivity contribution is 0.629. The third-order valence-electron chi connectivity index (χ3n) is 2.33. The first-order valence-electron chi connectivity index (χ1n) is 4.59. The molecule has 0 radical (unpaired) electrons. The third kappa shape index (κ3) is 1.55. The van der Waals surface area contributed by atoms with Gasteiger partial charge in [-0.1, -0.05) is 0 Å². The van der Waals surface area contributed by atoms with Crippen molar-refractivity contribution in [1.82, 2.24) is 4.98 Å². The van der Waals surface area contributed by atoms with Crippen LogP contribution in [0.25, 0.3) is 10.9 Å². The van der Waals surface area contributed by atoms with E-state index in [9.17, 15) is 4.39 Å². The fourth-order valence-electron chi connectivity index (χ4n) is 1.71. The molecular weight excluding hydrogens is 191 g/mol. The molecule has 1 aromatic carbocycles. The van der Waals surface area contributed by atoms with E-state index in [-0.39, 0.29) is 5.56 Å². The summed E-state index contributed by atoms with van der Waals surface area (Å²) in [5, 5.41) is 9.59. The lowest BCUT2D eigenvalue weighted by Gasteiger charge is -2.05. The number of nitrogens with zero attached hydrogens (tertiary/aromatic N) is 2. The molecule has 0 aliphatic heterocycles. The number of rotatable bonds is 0. The smallest absolute Gasteiger partial charge is 0.125 e. The Morgan fingerprint density at radius 3 is 2.67 bits per heavy atom. The zero-order valence-corrected chi connectivity index (χ0v) is 8.50. The van der Waals surface area contributed by atoms with Crippen LogP contribution in [0.15, 0.2) is 18.2 Å². The van der Waals surface area contributed by atoms with Crippen molar-refractivity contribution in [2.45, 2.75) is 13.8 Å². The molecule has 0 saturated carbocycles. The van der Waals surface area contributed by atoms with E-state index in [1.54, 1.807) is 0 Å². The molecule has 0 spiro atoms. The molecule has 15 heavy (non-hydrogen) atoms. The van der Waals surface area contributed by atoms with Crippen molar-refractivity contribution in [2.75, 3.05) is 0 Å². The van der Waals surface area contributed by atoms with Crippen molar-refractivity contribution >= 4 is 10.9 Å². The van der Waals surface area contributed by atoms with E-state index in [0.29, 0.717) is 10.9 Å². The molecule has 0 saturated heterocycles. The summed E-state index contributed by atoms with van der Waals surface area (Å²) in [5.74, 6) is -0.396. The van der Waals surface area contributed by atoms with E-state index in [1.165, 1.54) is 12.1 Å². The summed E-state index contributed by atoms with van der Waals surface area (Å²) in [6.07, 6.45) is 0. The van der Waals surface area contributed by atoms with E-state index < -0.39 is 5.82 Å². The van der Waals surface area contributed by atoms with Gasteiger partial charge in [-0.3, -0.25) is 4.98 Å². The topological polar surface area (TPSA) is 36.7 Å². The van der Waals surface area contributed by atoms with Crippen molar-refractivity contribution in [3.63, 3.8) is 0 Å². The number of pyridine rings is 1. The third-order valence-corrected chi connectivity index (χ3v) is 2.33. The summed E-state index contributed by atoms with van der Waals surface area (Å²) in [6, 6.07) is 6.47. The Morgan fingerprint density at radius 2 is 2.00 bits per heavy atom. The van der Waals surface area contributed by atoms with Crippen LogP contribution in [-0.2, 0) is 0 Å². The normalized spacial score (nSPS) is 10.3. The highest BCUT2D eigenvalue weighted by atomic mass is 19.1. The summed E-state index contributed by atoms with van der Waals surface area (Å²) < 4.78 is 13.2. The van der Waals surface area contributed by atoms with Crippen LogP contribution in [0.2, 0.25) is 0 Å². The minimum atomic E-state index is -0.396. The van der Waals surface area contributed by atoms with Crippen LogP contribution in [0, 0.1) is 31.0 Å². The molecule has 0 fully saturated rings. The highest BCUT2D eigenvalue weighted by Crippen LogP contribution is 2.22. The standard InChI is InChI=1S/C12H9FN2/c1-7-3-8(2)15-12-9(6-14)4-10(13)5-11(7)12/h3-5H,1-2H3. The number of hydrogen-bond acceptors (Lipinski definition) is 2. The average molecular weight is 200 g/mol. The van der Waals surface area contributed by atoms with Crippen molar-refractivity contribution in [2.24, 2.45) is 0 Å². The van der Waals surface area contributed by atoms with Gasteiger partial charge >= 0.3 is 0 Å². The molecule has 2 aromatic rings. The molecule has 0 amide bonds. The first-order chi connectivity index (χ1) is 7.11. The monoisotopic (exact) mass is 200 g/mol. The molecule has 0 unspecified atom stereocenters. The average Bonchev–Trinajstić information content (AvgIpc) is 2.18. The van der Waals surface area contributed by atoms with E-state index in [2.05, 4.69) is 4.98 Å². The number of benzene rings is 1. The van der Waals surface area contributed by atoms with Crippen LogP contribution < -0.4 is 0 Å². The second-order valence-electron chi connectivity index (χ2n) is 3.54. The van der Waals surface area contributed by atoms with Crippen molar-refractivity contribution < 1.29 is 4.39 Å². The van der Waals surface area contributed by atoms with E-state index in [0.717, 1.165) is 11.3 Å². The second-order valence-corrected chi connectivity index (χ2v) is 3.54. The van der Waals surface area contributed by atoms with Gasteiger partial charge in [0, 0.05) is 11.1 Å². The van der Waals surface area contributed by atoms with Gasteiger partial charge in [-0.2, -0.15) is 5.26 Å². The predicted molar refractivity (Wildman–Crippen MR) is 55.9 cm³/mol. The van der Waals surface area contributed by atoms with Gasteiger partial charge in [0.15, 0.2) is 0 Å². The highest BCUT2D eigenvalue weighted by molar-refractivity contribution is 5.87. The zero-order chi connectivity index (χ0) is 11.0. The van der Waals surface area contributed by atoms with Gasteiger partial charge < -0.3 is 0 Å². The second kappa shape index (κ2) is 3.32. The Balaban J connectivity index is 2.98. The molecule has 74 valence electrons. The van der Waals surface area contributed by atoms with Crippen LogP contribution in [0.5, 0.6) is 0 Å². The highest BCUT2D eigenvalue weighted by Gasteiger charge is 2.07. The lowest BCUT2D eigenvalue weighted by Crippen LogP contribution is -1.92. The summed E-state index contributed by atoms with van der Waals surface area (Å²) in [4.78, 5) is 4.26. The Labute approximate surface area is 87.0 Å². The van der Waals surface area contributed by atoms with Gasteiger partial charge in [-0.05, 0) is 37.6 Å². The molecule has 0 atom stereocenters. The molecule has 1 aromatic heterocycles. The molecule has 1 heterocycles. The molecule has 0 aliphatic rings. The van der Waals surface area contributed by atoms with Crippen LogP contribution in [0.3, 0.4) is 0 Å². The zero-order valence-electron chi connectivity index (χ0n) is 8.50. The van der Waals surface area contributed by atoms with E-state index in [4.69, 9.17) is 5.26 Å². The van der Waals surface area contributed by atoms with Crippen LogP contribution >= 0.6 is 0 Å². The summed E-state index contributed by atoms with van der Waals surface area (Å²) in [7, 11) is 0. The molecule has 3 heteroatoms. The number of aromatic nitrogens is 1. The summed E-state index contributed by atoms with van der Waals surface area (Å²) in [6.45, 7) is 3.74. The van der Waals surface area contributed by atoms with Crippen LogP contribution in [0.1, 0.15) is 16.8 Å². The van der Waals surface area contributed by atoms with Crippen LogP contribution in [-0.4, -0.2) is 4.98 Å². The fourth-order valence-corrected chi connectivity index (χ4v) is 1.71. The van der Waals surface area contributed by atoms with Crippen molar-refractivity contribution in [3.05, 3.63) is 40.8 Å². The summed E-state index contributed by atoms with van der Waals surface area (Å²) >= 11 is 0. The summed E-state index contributed by atoms with van der Waals surface area (Å²) in [5.41, 5.74) is 2.64. The lowest BCUT2D eigenvalue weighted by atomic mass is 10.1. The molecule has 2 nitrogen and oxygen atoms in total. The number of nitriles is 1. The van der Waals surface area contributed by atoms with Gasteiger partial charge in [-0.15, -0.1) is 0 Å². The number of halogens is 1. The molecule has 0 bridgehead atoms. The molecular formula is C12H9FN2. The van der Waals surface area contributed by atoms with Gasteiger partial charge in [0.05, 0.1) is 11.1 Å². The maximum atomic E-state index is 13.2. The van der Waals surface area contributed by atoms with Crippen LogP contribution in [0.4, 0.5) is 4.39 Å². The minimum absolute atomic E-state index is 0.289. The van der Waals surface area contributed by atoms with Gasteiger partial charge in [0.2, 0.25) is 0 Å². The quantitative estimate of drug-likeness (QED) is 0.655. The minimum Gasteiger partial charge on any atom is -0.252 e. The Kier molecular flexibility index (Phi) is 2.12. The molecule has 0 aliphatic carbocycles. The van der Waals surface area contributed by atoms with Gasteiger partial charge in [0.25, 0.3) is 0 Å². The van der Waals surface area contributed by atoms with E-state index >= 15 is 0 Å². The van der Waals surface area contributed by atoms with Gasteiger partial charge in [-0.25, -0.2) is 4.39 Å². The Morgan fingerprint density at radius 1 is 1.27 bits per heavy atom. The largest absolute Gasteiger partial charge is 0.252 e. The Bertz CT molecular complexity index is 582. The van der Waals surface area contributed by atoms with Crippen molar-refractivity contribution in [1.29, 1.82) is 5.26 Å².